The Balaban J connectivity index is 1.82. The Bertz CT molecular complexity index is 969. The Hall–Kier alpha value is -1.38. The Kier molecular flexibility index (Phi) is 9.46. The number of carbonyl (C=O) groups is 3. The molecule has 0 saturated heterocycles. The number of esters is 1. The minimum atomic E-state index is -0.684. The van der Waals surface area contributed by atoms with Crippen molar-refractivity contribution < 1.29 is 24.2 Å². The van der Waals surface area contributed by atoms with Gasteiger partial charge in [0.05, 0.1) is 17.9 Å². The zero-order valence-corrected chi connectivity index (χ0v) is 26.2. The number of thioether (sulfide) groups is 1. The maximum atomic E-state index is 13.5. The molecular formula is C31H52N2O5S. The van der Waals surface area contributed by atoms with E-state index in [1.54, 1.807) is 0 Å². The maximum absolute atomic E-state index is 13.5. The molecule has 7 nitrogen and oxygen atoms in total. The van der Waals surface area contributed by atoms with Crippen molar-refractivity contribution in [1.29, 1.82) is 0 Å². The van der Waals surface area contributed by atoms with Crippen LogP contribution in [0.2, 0.25) is 0 Å². The minimum absolute atomic E-state index is 0.0382. The Morgan fingerprint density at radius 1 is 1.28 bits per heavy atom. The highest BCUT2D eigenvalue weighted by atomic mass is 32.2. The maximum Gasteiger partial charge on any atom is 0.316 e. The second kappa shape index (κ2) is 11.5. The summed E-state index contributed by atoms with van der Waals surface area (Å²) in [6.45, 7) is 20.7. The molecule has 3 aliphatic rings. The number of amides is 1. The van der Waals surface area contributed by atoms with Crippen molar-refractivity contribution >= 4 is 29.4 Å². The molecule has 0 aliphatic heterocycles. The monoisotopic (exact) mass is 564 g/mol. The van der Waals surface area contributed by atoms with Gasteiger partial charge in [-0.15, -0.1) is 18.3 Å². The summed E-state index contributed by atoms with van der Waals surface area (Å²) < 4.78 is 5.92. The van der Waals surface area contributed by atoms with E-state index in [1.165, 1.54) is 11.8 Å². The summed E-state index contributed by atoms with van der Waals surface area (Å²) in [5.41, 5.74) is 4.49. The zero-order valence-electron chi connectivity index (χ0n) is 25.3. The third-order valence-corrected chi connectivity index (χ3v) is 12.2. The molecule has 2 bridgehead atoms. The van der Waals surface area contributed by atoms with Crippen LogP contribution in [0.4, 0.5) is 0 Å². The first-order valence-corrected chi connectivity index (χ1v) is 15.6. The summed E-state index contributed by atoms with van der Waals surface area (Å²) in [6, 6.07) is -0.573. The van der Waals surface area contributed by atoms with Crippen molar-refractivity contribution in [2.45, 2.75) is 110 Å². The Labute approximate surface area is 239 Å². The molecule has 8 heteroatoms. The molecule has 39 heavy (non-hydrogen) atoms. The molecule has 0 radical (unpaired) electrons. The fourth-order valence-electron chi connectivity index (χ4n) is 7.72. The molecule has 3 saturated carbocycles. The van der Waals surface area contributed by atoms with Gasteiger partial charge in [-0.25, -0.2) is 0 Å². The summed E-state index contributed by atoms with van der Waals surface area (Å²) >= 11 is 1.43. The van der Waals surface area contributed by atoms with Crippen molar-refractivity contribution in [2.24, 2.45) is 45.7 Å². The number of ether oxygens (including phenoxy) is 1. The number of ketones is 1. The average Bonchev–Trinajstić information content (AvgIpc) is 3.24. The molecule has 3 fully saturated rings. The minimum Gasteiger partial charge on any atom is -0.461 e. The van der Waals surface area contributed by atoms with Crippen LogP contribution >= 0.6 is 11.8 Å². The molecule has 0 aromatic rings. The summed E-state index contributed by atoms with van der Waals surface area (Å²) in [5, 5.41) is 14.6. The number of aliphatic hydroxyl groups excluding tert-OH is 1. The first kappa shape index (κ1) is 32.1. The SMILES string of the molecule is C=C[C@]1(C)C[C@@H](OC(=O)CSC(C)(C)CNC(=O)[C@H](N)C(C)C)[C@]2(C)[C@@H]3C(=O)CC[C@@]3(CC[C@@H]2C)[C@@H](C)[C@@H]1O. The summed E-state index contributed by atoms with van der Waals surface area (Å²) in [7, 11) is 0. The van der Waals surface area contributed by atoms with E-state index in [0.717, 1.165) is 19.3 Å². The first-order chi connectivity index (χ1) is 17.9. The molecule has 0 heterocycles. The quantitative estimate of drug-likeness (QED) is 0.279. The van der Waals surface area contributed by atoms with Gasteiger partial charge < -0.3 is 20.9 Å². The molecule has 4 N–H and O–H groups in total. The fourth-order valence-corrected chi connectivity index (χ4v) is 8.47. The van der Waals surface area contributed by atoms with Gasteiger partial charge in [-0.3, -0.25) is 14.4 Å². The predicted octanol–water partition coefficient (Wildman–Crippen LogP) is 4.50. The standard InChI is InChI=1S/C31H52N2O5S/c1-10-29(8)15-22(38-23(35)16-39-28(6,7)17-33-27(37)24(32)18(2)3)30(9)19(4)11-13-31(20(5)26(29)36)14-12-21(34)25(30)31/h10,18-20,22,24-26,36H,1,11-17,32H2,2-9H3,(H,33,37)/t19-,20-,22+,24+,25-,26-,29+,30+,31-/m0/s1. The van der Waals surface area contributed by atoms with Crippen LogP contribution in [0.25, 0.3) is 0 Å². The molecule has 3 aliphatic carbocycles. The number of rotatable bonds is 9. The molecule has 3 rings (SSSR count). The molecular weight excluding hydrogens is 512 g/mol. The third-order valence-electron chi connectivity index (χ3n) is 10.9. The number of hydrogen-bond donors (Lipinski definition) is 3. The van der Waals surface area contributed by atoms with E-state index in [-0.39, 0.29) is 52.5 Å². The average molecular weight is 565 g/mol. The van der Waals surface area contributed by atoms with Crippen LogP contribution in [0.3, 0.4) is 0 Å². The van der Waals surface area contributed by atoms with Gasteiger partial charge in [0.1, 0.15) is 11.9 Å². The van der Waals surface area contributed by atoms with Gasteiger partial charge in [0.2, 0.25) is 5.91 Å². The lowest BCUT2D eigenvalue weighted by Gasteiger charge is -2.61. The second-order valence-electron chi connectivity index (χ2n) is 14.1. The molecule has 0 aromatic carbocycles. The number of aliphatic hydroxyl groups is 1. The molecule has 9 atom stereocenters. The molecule has 0 aromatic heterocycles. The number of hydrogen-bond acceptors (Lipinski definition) is 7. The smallest absolute Gasteiger partial charge is 0.316 e. The van der Waals surface area contributed by atoms with Gasteiger partial charge in [-0.2, -0.15) is 0 Å². The van der Waals surface area contributed by atoms with Crippen molar-refractivity contribution in [3.8, 4) is 0 Å². The van der Waals surface area contributed by atoms with Gasteiger partial charge in [0, 0.05) is 34.5 Å². The zero-order chi connectivity index (χ0) is 29.6. The summed E-state index contributed by atoms with van der Waals surface area (Å²) in [4.78, 5) is 39.2. The lowest BCUT2D eigenvalue weighted by Crippen LogP contribution is -2.63. The molecule has 1 amide bonds. The van der Waals surface area contributed by atoms with E-state index in [0.29, 0.717) is 19.4 Å². The lowest BCUT2D eigenvalue weighted by atomic mass is 9.44. The summed E-state index contributed by atoms with van der Waals surface area (Å²) in [6.07, 6.45) is 4.17. The number of nitrogens with two attached hydrogens (primary N) is 1. The number of nitrogens with one attached hydrogen (secondary N) is 1. The summed E-state index contributed by atoms with van der Waals surface area (Å²) in [5.74, 6) is -0.243. The van der Waals surface area contributed by atoms with Crippen LogP contribution in [-0.2, 0) is 19.1 Å². The van der Waals surface area contributed by atoms with E-state index in [9.17, 15) is 19.5 Å². The van der Waals surface area contributed by atoms with E-state index in [2.05, 4.69) is 32.7 Å². The topological polar surface area (TPSA) is 119 Å². The second-order valence-corrected chi connectivity index (χ2v) is 15.8. The first-order valence-electron chi connectivity index (χ1n) is 14.7. The highest BCUT2D eigenvalue weighted by molar-refractivity contribution is 8.01. The third kappa shape index (κ3) is 5.85. The Morgan fingerprint density at radius 2 is 1.92 bits per heavy atom. The largest absolute Gasteiger partial charge is 0.461 e. The molecule has 0 spiro atoms. The van der Waals surface area contributed by atoms with Gasteiger partial charge in [-0.1, -0.05) is 47.6 Å². The van der Waals surface area contributed by atoms with E-state index < -0.39 is 33.8 Å². The highest BCUT2D eigenvalue weighted by Crippen LogP contribution is 2.68. The fraction of sp³-hybridized carbons (Fsp3) is 0.839. The van der Waals surface area contributed by atoms with E-state index >= 15 is 0 Å². The van der Waals surface area contributed by atoms with Crippen LogP contribution in [0.5, 0.6) is 0 Å². The van der Waals surface area contributed by atoms with Crippen LogP contribution < -0.4 is 11.1 Å². The lowest BCUT2D eigenvalue weighted by molar-refractivity contribution is -0.205. The van der Waals surface area contributed by atoms with Gasteiger partial charge in [-0.05, 0) is 62.7 Å². The molecule has 0 unspecified atom stereocenters. The highest BCUT2D eigenvalue weighted by Gasteiger charge is 2.68. The van der Waals surface area contributed by atoms with Gasteiger partial charge in [0.25, 0.3) is 0 Å². The van der Waals surface area contributed by atoms with Crippen LogP contribution in [-0.4, -0.2) is 58.1 Å². The molecule has 222 valence electrons. The predicted molar refractivity (Wildman–Crippen MR) is 157 cm³/mol. The van der Waals surface area contributed by atoms with Crippen LogP contribution in [0.1, 0.15) is 87.5 Å². The van der Waals surface area contributed by atoms with Gasteiger partial charge >= 0.3 is 5.97 Å². The van der Waals surface area contributed by atoms with Crippen molar-refractivity contribution in [3.63, 3.8) is 0 Å². The van der Waals surface area contributed by atoms with E-state index in [4.69, 9.17) is 10.5 Å². The van der Waals surface area contributed by atoms with Crippen LogP contribution in [0.15, 0.2) is 12.7 Å². The number of carbonyl (C=O) groups excluding carboxylic acids is 3. The van der Waals surface area contributed by atoms with Gasteiger partial charge in [0.15, 0.2) is 0 Å². The van der Waals surface area contributed by atoms with Crippen LogP contribution in [0, 0.1) is 39.9 Å². The number of Topliss-reactive ketones (excluding diaryl/α,β-unsaturated/α-hetero) is 1. The van der Waals surface area contributed by atoms with E-state index in [1.807, 2.05) is 40.7 Å². The van der Waals surface area contributed by atoms with Crippen molar-refractivity contribution in [1.82, 2.24) is 5.32 Å². The normalized spacial score (nSPS) is 39.4. The van der Waals surface area contributed by atoms with Crippen molar-refractivity contribution in [3.05, 3.63) is 12.7 Å². The Morgan fingerprint density at radius 3 is 2.51 bits per heavy atom. The van der Waals surface area contributed by atoms with Crippen molar-refractivity contribution in [2.75, 3.05) is 12.3 Å².